The summed E-state index contributed by atoms with van der Waals surface area (Å²) in [6.07, 6.45) is 1.59. The molecule has 148 valence electrons. The van der Waals surface area contributed by atoms with Gasteiger partial charge in [0.05, 0.1) is 0 Å². The van der Waals surface area contributed by atoms with Gasteiger partial charge in [0, 0.05) is 35.9 Å². The van der Waals surface area contributed by atoms with Crippen LogP contribution in [0.2, 0.25) is 0 Å². The van der Waals surface area contributed by atoms with E-state index in [4.69, 9.17) is 4.74 Å². The Balaban J connectivity index is 1.53. The Kier molecular flexibility index (Phi) is 7.06. The zero-order valence-corrected chi connectivity index (χ0v) is 16.3. The molecule has 5 nitrogen and oxygen atoms in total. The first-order valence-corrected chi connectivity index (χ1v) is 10.0. The van der Waals surface area contributed by atoms with Crippen LogP contribution in [-0.4, -0.2) is 36.3 Å². The lowest BCUT2D eigenvalue weighted by atomic mass is 9.99. The highest BCUT2D eigenvalue weighted by Gasteiger charge is 2.34. The molecule has 1 fully saturated rings. The Hall–Kier alpha value is -2.38. The van der Waals surface area contributed by atoms with Gasteiger partial charge >= 0.3 is 11.8 Å². The zero-order chi connectivity index (χ0) is 19.8. The Bertz CT molecular complexity index is 793. The number of halogens is 1. The Morgan fingerprint density at radius 1 is 0.964 bits per heavy atom. The summed E-state index contributed by atoms with van der Waals surface area (Å²) in [4.78, 5) is 25.4. The smallest absolute Gasteiger partial charge is 0.309 e. The number of ether oxygens (including phenoxy) is 1. The molecule has 1 heterocycles. The number of carbonyl (C=O) groups excluding carboxylic acids is 2. The zero-order valence-electron chi connectivity index (χ0n) is 15.4. The average Bonchev–Trinajstić information content (AvgIpc) is 2.73. The van der Waals surface area contributed by atoms with E-state index in [1.807, 2.05) is 30.3 Å². The number of hydrogen-bond donors (Lipinski definition) is 2. The van der Waals surface area contributed by atoms with Gasteiger partial charge in [-0.25, -0.2) is 4.39 Å². The van der Waals surface area contributed by atoms with Crippen molar-refractivity contribution >= 4 is 23.6 Å². The minimum Gasteiger partial charge on any atom is -0.381 e. The van der Waals surface area contributed by atoms with E-state index in [-0.39, 0.29) is 17.1 Å². The largest absolute Gasteiger partial charge is 0.381 e. The number of carbonyl (C=O) groups is 2. The molecule has 0 bridgehead atoms. The van der Waals surface area contributed by atoms with Crippen LogP contribution in [0.5, 0.6) is 0 Å². The predicted octanol–water partition coefficient (Wildman–Crippen LogP) is 2.90. The van der Waals surface area contributed by atoms with Crippen LogP contribution in [0.3, 0.4) is 0 Å². The fourth-order valence-electron chi connectivity index (χ4n) is 2.98. The normalized spacial score (nSPS) is 15.6. The van der Waals surface area contributed by atoms with Gasteiger partial charge in [0.15, 0.2) is 0 Å². The van der Waals surface area contributed by atoms with Gasteiger partial charge in [-0.3, -0.25) is 9.59 Å². The van der Waals surface area contributed by atoms with E-state index < -0.39 is 11.8 Å². The molecule has 0 aromatic heterocycles. The molecule has 7 heteroatoms. The summed E-state index contributed by atoms with van der Waals surface area (Å²) in [5.41, 5.74) is 0.725. The van der Waals surface area contributed by atoms with E-state index in [0.717, 1.165) is 23.3 Å². The fourth-order valence-corrected chi connectivity index (χ4v) is 4.29. The Labute approximate surface area is 168 Å². The molecular weight excluding hydrogens is 379 g/mol. The summed E-state index contributed by atoms with van der Waals surface area (Å²) in [5, 5.41) is 5.33. The van der Waals surface area contributed by atoms with Crippen LogP contribution in [0.15, 0.2) is 59.5 Å². The quantitative estimate of drug-likeness (QED) is 0.729. The fraction of sp³-hybridized carbons (Fsp3) is 0.333. The number of amides is 2. The summed E-state index contributed by atoms with van der Waals surface area (Å²) in [7, 11) is 0. The molecule has 0 aliphatic carbocycles. The van der Waals surface area contributed by atoms with Crippen LogP contribution in [0, 0.1) is 5.82 Å². The molecule has 0 atom stereocenters. The molecule has 0 unspecified atom stereocenters. The van der Waals surface area contributed by atoms with E-state index in [0.29, 0.717) is 19.8 Å². The van der Waals surface area contributed by atoms with Crippen LogP contribution in [-0.2, 0) is 20.9 Å². The summed E-state index contributed by atoms with van der Waals surface area (Å²) < 4.78 is 18.2. The van der Waals surface area contributed by atoms with E-state index in [1.165, 1.54) is 12.1 Å². The molecule has 2 N–H and O–H groups in total. The molecule has 0 radical (unpaired) electrons. The number of hydrogen-bond acceptors (Lipinski definition) is 4. The Morgan fingerprint density at radius 2 is 1.61 bits per heavy atom. The molecule has 1 saturated heterocycles. The second kappa shape index (κ2) is 9.71. The van der Waals surface area contributed by atoms with Gasteiger partial charge in [0.2, 0.25) is 0 Å². The van der Waals surface area contributed by atoms with E-state index in [9.17, 15) is 14.0 Å². The van der Waals surface area contributed by atoms with Gasteiger partial charge in [0.25, 0.3) is 0 Å². The third-order valence-electron chi connectivity index (χ3n) is 4.63. The Morgan fingerprint density at radius 3 is 2.29 bits per heavy atom. The van der Waals surface area contributed by atoms with Gasteiger partial charge in [0.1, 0.15) is 5.82 Å². The lowest BCUT2D eigenvalue weighted by Gasteiger charge is -2.36. The van der Waals surface area contributed by atoms with Crippen molar-refractivity contribution in [3.05, 3.63) is 66.0 Å². The van der Waals surface area contributed by atoms with Crippen LogP contribution in [0.1, 0.15) is 18.4 Å². The molecule has 1 aliphatic rings. The van der Waals surface area contributed by atoms with Crippen molar-refractivity contribution in [3.8, 4) is 0 Å². The lowest BCUT2D eigenvalue weighted by molar-refractivity contribution is -0.139. The lowest BCUT2D eigenvalue weighted by Crippen LogP contribution is -2.48. The molecule has 2 aromatic carbocycles. The summed E-state index contributed by atoms with van der Waals surface area (Å²) in [5.74, 6) is -1.71. The molecule has 0 spiro atoms. The molecule has 28 heavy (non-hydrogen) atoms. The van der Waals surface area contributed by atoms with Crippen LogP contribution < -0.4 is 10.6 Å². The molecule has 3 rings (SSSR count). The van der Waals surface area contributed by atoms with Gasteiger partial charge in [-0.05, 0) is 42.7 Å². The minimum atomic E-state index is -0.698. The van der Waals surface area contributed by atoms with E-state index in [1.54, 1.807) is 23.9 Å². The molecular formula is C21H23FN2O3S. The van der Waals surface area contributed by atoms with Crippen molar-refractivity contribution in [2.24, 2.45) is 0 Å². The van der Waals surface area contributed by atoms with Crippen molar-refractivity contribution in [2.75, 3.05) is 19.8 Å². The summed E-state index contributed by atoms with van der Waals surface area (Å²) >= 11 is 1.72. The van der Waals surface area contributed by atoms with Gasteiger partial charge in [-0.2, -0.15) is 0 Å². The van der Waals surface area contributed by atoms with E-state index in [2.05, 4.69) is 10.6 Å². The summed E-state index contributed by atoms with van der Waals surface area (Å²) in [6.45, 7) is 1.82. The average molecular weight is 402 g/mol. The monoisotopic (exact) mass is 402 g/mol. The van der Waals surface area contributed by atoms with Crippen molar-refractivity contribution in [2.45, 2.75) is 29.0 Å². The van der Waals surface area contributed by atoms with E-state index >= 15 is 0 Å². The predicted molar refractivity (Wildman–Crippen MR) is 106 cm³/mol. The first kappa shape index (κ1) is 20.4. The topological polar surface area (TPSA) is 67.4 Å². The molecule has 2 amide bonds. The molecule has 1 aliphatic heterocycles. The first-order chi connectivity index (χ1) is 13.6. The van der Waals surface area contributed by atoms with Gasteiger partial charge < -0.3 is 15.4 Å². The number of thioether (sulfide) groups is 1. The van der Waals surface area contributed by atoms with Crippen molar-refractivity contribution in [1.29, 1.82) is 0 Å². The van der Waals surface area contributed by atoms with Gasteiger partial charge in [-0.1, -0.05) is 30.3 Å². The second-order valence-corrected chi connectivity index (χ2v) is 8.24. The highest BCUT2D eigenvalue weighted by molar-refractivity contribution is 8.00. The van der Waals surface area contributed by atoms with Crippen LogP contribution in [0.25, 0.3) is 0 Å². The van der Waals surface area contributed by atoms with Crippen LogP contribution in [0.4, 0.5) is 4.39 Å². The third-order valence-corrected chi connectivity index (χ3v) is 6.12. The van der Waals surface area contributed by atoms with Crippen LogP contribution >= 0.6 is 11.8 Å². The maximum Gasteiger partial charge on any atom is 0.309 e. The maximum absolute atomic E-state index is 12.9. The van der Waals surface area contributed by atoms with Crippen molar-refractivity contribution in [1.82, 2.24) is 10.6 Å². The molecule has 0 saturated carbocycles. The number of nitrogens with one attached hydrogen (secondary N) is 2. The third kappa shape index (κ3) is 5.81. The standard InChI is InChI=1S/C21H23FN2O3S/c22-17-8-6-16(7-9-17)14-23-19(25)20(26)24-15-21(10-12-27-13-11-21)28-18-4-2-1-3-5-18/h1-9H,10-15H2,(H,23,25)(H,24,26). The van der Waals surface area contributed by atoms with Crippen molar-refractivity contribution < 1.29 is 18.7 Å². The number of rotatable bonds is 6. The second-order valence-electron chi connectivity index (χ2n) is 6.70. The summed E-state index contributed by atoms with van der Waals surface area (Å²) in [6, 6.07) is 15.8. The van der Waals surface area contributed by atoms with Gasteiger partial charge in [-0.15, -0.1) is 11.8 Å². The highest BCUT2D eigenvalue weighted by Crippen LogP contribution is 2.40. The minimum absolute atomic E-state index is 0.171. The SMILES string of the molecule is O=C(NCc1ccc(F)cc1)C(=O)NCC1(Sc2ccccc2)CCOCC1. The molecule has 2 aromatic rings. The highest BCUT2D eigenvalue weighted by atomic mass is 32.2. The first-order valence-electron chi connectivity index (χ1n) is 9.19. The number of benzene rings is 2. The van der Waals surface area contributed by atoms with Crippen molar-refractivity contribution in [3.63, 3.8) is 0 Å². The maximum atomic E-state index is 12.9.